The molecule has 0 bridgehead atoms. The summed E-state index contributed by atoms with van der Waals surface area (Å²) in [6.45, 7) is 0. The molecule has 0 spiro atoms. The van der Waals surface area contributed by atoms with E-state index in [0.717, 1.165) is 11.1 Å². The second-order valence-corrected chi connectivity index (χ2v) is 11.2. The Morgan fingerprint density at radius 2 is 1.10 bits per heavy atom. The van der Waals surface area contributed by atoms with E-state index >= 15 is 0 Å². The topological polar surface area (TPSA) is 28.7 Å². The molecule has 186 valence electrons. The van der Waals surface area contributed by atoms with Crippen LogP contribution in [0.5, 0.6) is 0 Å². The van der Waals surface area contributed by atoms with E-state index in [-0.39, 0.29) is 0 Å². The summed E-state index contributed by atoms with van der Waals surface area (Å²) < 4.78 is 4.94. The summed E-state index contributed by atoms with van der Waals surface area (Å²) in [6, 6.07) is 49.6. The number of benzene rings is 6. The Balaban J connectivity index is 1.34. The van der Waals surface area contributed by atoms with E-state index in [1.807, 2.05) is 29.5 Å². The number of rotatable bonds is 3. The number of nitrogens with zero attached hydrogens (tertiary/aromatic N) is 2. The van der Waals surface area contributed by atoms with Crippen LogP contribution in [0.4, 0.5) is 0 Å². The minimum atomic E-state index is 0.678. The standard InChI is InChI=1S/C37H22N2S/c38-23-24-8-7-9-25(20-24)26-16-18-36-31(21-26)32-22-27(17-19-37(32)40-36)28-10-1-4-13-33(28)39-34-14-5-2-11-29(34)30-12-3-6-15-35(30)39/h1-22H. The lowest BCUT2D eigenvalue weighted by Crippen LogP contribution is -1.96. The zero-order valence-electron chi connectivity index (χ0n) is 21.5. The molecule has 0 radical (unpaired) electrons. The lowest BCUT2D eigenvalue weighted by molar-refractivity contribution is 1.18. The maximum absolute atomic E-state index is 9.39. The molecule has 0 aliphatic rings. The highest BCUT2D eigenvalue weighted by Crippen LogP contribution is 2.41. The molecular weight excluding hydrogens is 504 g/mol. The Morgan fingerprint density at radius 3 is 1.82 bits per heavy atom. The van der Waals surface area contributed by atoms with Crippen molar-refractivity contribution in [2.24, 2.45) is 0 Å². The Hall–Kier alpha value is -5.17. The highest BCUT2D eigenvalue weighted by Gasteiger charge is 2.16. The van der Waals surface area contributed by atoms with Gasteiger partial charge in [0.1, 0.15) is 0 Å². The molecule has 6 aromatic carbocycles. The molecular formula is C37H22N2S. The summed E-state index contributed by atoms with van der Waals surface area (Å²) in [5, 5.41) is 14.4. The van der Waals surface area contributed by atoms with Crippen molar-refractivity contribution in [2.75, 3.05) is 0 Å². The number of hydrogen-bond acceptors (Lipinski definition) is 2. The van der Waals surface area contributed by atoms with E-state index in [0.29, 0.717) is 5.56 Å². The van der Waals surface area contributed by atoms with Gasteiger partial charge in [0.2, 0.25) is 0 Å². The Labute approximate surface area is 235 Å². The molecule has 8 aromatic rings. The summed E-state index contributed by atoms with van der Waals surface area (Å²) in [4.78, 5) is 0. The molecule has 0 aliphatic carbocycles. The quantitative estimate of drug-likeness (QED) is 0.225. The van der Waals surface area contributed by atoms with Gasteiger partial charge in [-0.05, 0) is 71.3 Å². The van der Waals surface area contributed by atoms with Gasteiger partial charge in [-0.1, -0.05) is 78.9 Å². The molecule has 40 heavy (non-hydrogen) atoms. The van der Waals surface area contributed by atoms with Gasteiger partial charge in [0.15, 0.2) is 0 Å². The SMILES string of the molecule is N#Cc1cccc(-c2ccc3sc4ccc(-c5ccccc5-n5c6ccccc6c6ccccc65)cc4c3c2)c1. The van der Waals surface area contributed by atoms with Crippen LogP contribution in [0.25, 0.3) is 69.9 Å². The van der Waals surface area contributed by atoms with E-state index < -0.39 is 0 Å². The van der Waals surface area contributed by atoms with Crippen molar-refractivity contribution in [1.29, 1.82) is 5.26 Å². The molecule has 2 heterocycles. The van der Waals surface area contributed by atoms with Crippen LogP contribution in [0.3, 0.4) is 0 Å². The lowest BCUT2D eigenvalue weighted by atomic mass is 9.98. The van der Waals surface area contributed by atoms with Crippen molar-refractivity contribution in [3.63, 3.8) is 0 Å². The van der Waals surface area contributed by atoms with Crippen LogP contribution in [-0.2, 0) is 0 Å². The van der Waals surface area contributed by atoms with E-state index in [9.17, 15) is 5.26 Å². The predicted octanol–water partition coefficient (Wildman–Crippen LogP) is 10.4. The fraction of sp³-hybridized carbons (Fsp3) is 0. The second kappa shape index (κ2) is 8.95. The molecule has 0 fully saturated rings. The molecule has 0 atom stereocenters. The van der Waals surface area contributed by atoms with Crippen LogP contribution < -0.4 is 0 Å². The van der Waals surface area contributed by atoms with Crippen LogP contribution >= 0.6 is 11.3 Å². The van der Waals surface area contributed by atoms with Crippen LogP contribution in [0, 0.1) is 11.3 Å². The first-order chi connectivity index (χ1) is 19.8. The number of para-hydroxylation sites is 3. The first-order valence-electron chi connectivity index (χ1n) is 13.3. The summed E-state index contributed by atoms with van der Waals surface area (Å²) in [5.41, 5.74) is 8.86. The second-order valence-electron chi connectivity index (χ2n) is 10.1. The molecule has 0 unspecified atom stereocenters. The van der Waals surface area contributed by atoms with Crippen LogP contribution in [0.2, 0.25) is 0 Å². The van der Waals surface area contributed by atoms with Gasteiger partial charge in [0.05, 0.1) is 28.4 Å². The van der Waals surface area contributed by atoms with Gasteiger partial charge in [0.25, 0.3) is 0 Å². The molecule has 0 amide bonds. The zero-order valence-corrected chi connectivity index (χ0v) is 22.3. The van der Waals surface area contributed by atoms with E-state index in [2.05, 4.69) is 126 Å². The van der Waals surface area contributed by atoms with Crippen LogP contribution in [0.15, 0.2) is 133 Å². The van der Waals surface area contributed by atoms with Crippen LogP contribution in [-0.4, -0.2) is 4.57 Å². The molecule has 3 heteroatoms. The molecule has 0 saturated carbocycles. The first-order valence-corrected chi connectivity index (χ1v) is 14.1. The largest absolute Gasteiger partial charge is 0.309 e. The van der Waals surface area contributed by atoms with Gasteiger partial charge in [-0.3, -0.25) is 0 Å². The van der Waals surface area contributed by atoms with E-state index in [4.69, 9.17) is 0 Å². The number of hydrogen-bond donors (Lipinski definition) is 0. The van der Waals surface area contributed by atoms with Gasteiger partial charge < -0.3 is 4.57 Å². The summed E-state index contributed by atoms with van der Waals surface area (Å²) in [6.07, 6.45) is 0. The van der Waals surface area contributed by atoms with Crippen molar-refractivity contribution >= 4 is 53.3 Å². The average Bonchev–Trinajstić information content (AvgIpc) is 3.56. The molecule has 8 rings (SSSR count). The normalized spacial score (nSPS) is 11.5. The van der Waals surface area contributed by atoms with E-state index in [1.165, 1.54) is 58.8 Å². The van der Waals surface area contributed by atoms with Crippen molar-refractivity contribution in [3.8, 4) is 34.0 Å². The summed E-state index contributed by atoms with van der Waals surface area (Å²) in [5.74, 6) is 0. The fourth-order valence-corrected chi connectivity index (χ4v) is 7.05. The van der Waals surface area contributed by atoms with Crippen molar-refractivity contribution in [2.45, 2.75) is 0 Å². The Morgan fingerprint density at radius 1 is 0.500 bits per heavy atom. The summed E-state index contributed by atoms with van der Waals surface area (Å²) in [7, 11) is 0. The Bertz CT molecular complexity index is 2240. The number of fused-ring (bicyclic) bond motifs is 6. The zero-order chi connectivity index (χ0) is 26.6. The summed E-state index contributed by atoms with van der Waals surface area (Å²) >= 11 is 1.83. The minimum absolute atomic E-state index is 0.678. The minimum Gasteiger partial charge on any atom is -0.309 e. The third-order valence-corrected chi connectivity index (χ3v) is 8.98. The van der Waals surface area contributed by atoms with E-state index in [1.54, 1.807) is 0 Å². The monoisotopic (exact) mass is 526 g/mol. The highest BCUT2D eigenvalue weighted by atomic mass is 32.1. The third kappa shape index (κ3) is 3.48. The fourth-order valence-electron chi connectivity index (χ4n) is 5.99. The van der Waals surface area contributed by atoms with Gasteiger partial charge in [-0.15, -0.1) is 11.3 Å². The van der Waals surface area contributed by atoms with Gasteiger partial charge >= 0.3 is 0 Å². The number of aromatic nitrogens is 1. The van der Waals surface area contributed by atoms with Crippen LogP contribution in [0.1, 0.15) is 5.56 Å². The maximum atomic E-state index is 9.39. The van der Waals surface area contributed by atoms with Crippen molar-refractivity contribution in [1.82, 2.24) is 4.57 Å². The Kier molecular flexibility index (Phi) is 5.10. The number of nitriles is 1. The van der Waals surface area contributed by atoms with Gasteiger partial charge in [0, 0.05) is 36.5 Å². The molecule has 0 aliphatic heterocycles. The van der Waals surface area contributed by atoms with Gasteiger partial charge in [-0.25, -0.2) is 0 Å². The first kappa shape index (κ1) is 22.8. The number of thiophene rings is 1. The molecule has 0 N–H and O–H groups in total. The molecule has 2 aromatic heterocycles. The van der Waals surface area contributed by atoms with Crippen molar-refractivity contribution in [3.05, 3.63) is 139 Å². The predicted molar refractivity (Wildman–Crippen MR) is 169 cm³/mol. The lowest BCUT2D eigenvalue weighted by Gasteiger charge is -2.14. The maximum Gasteiger partial charge on any atom is 0.0991 e. The third-order valence-electron chi connectivity index (χ3n) is 7.83. The highest BCUT2D eigenvalue weighted by molar-refractivity contribution is 7.25. The van der Waals surface area contributed by atoms with Gasteiger partial charge in [-0.2, -0.15) is 5.26 Å². The molecule has 0 saturated heterocycles. The van der Waals surface area contributed by atoms with Crippen molar-refractivity contribution < 1.29 is 0 Å². The average molecular weight is 527 g/mol. The molecule has 2 nitrogen and oxygen atoms in total. The smallest absolute Gasteiger partial charge is 0.0991 e.